The van der Waals surface area contributed by atoms with Gasteiger partial charge in [-0.15, -0.1) is 0 Å². The summed E-state index contributed by atoms with van der Waals surface area (Å²) in [5.41, 5.74) is 5.60. The normalized spacial score (nSPS) is 12.0. The van der Waals surface area contributed by atoms with E-state index in [2.05, 4.69) is 33.4 Å². The van der Waals surface area contributed by atoms with Crippen molar-refractivity contribution in [1.29, 1.82) is 10.5 Å². The molecule has 0 spiro atoms. The number of aromatic nitrogens is 2. The Morgan fingerprint density at radius 2 is 0.946 bits per heavy atom. The molecule has 2 N–H and O–H groups in total. The maximum absolute atomic E-state index is 12.8. The molecule has 0 saturated heterocycles. The van der Waals surface area contributed by atoms with Crippen LogP contribution in [0, 0.1) is 22.7 Å². The van der Waals surface area contributed by atoms with E-state index in [1.165, 1.54) is 0 Å². The van der Waals surface area contributed by atoms with E-state index in [-0.39, 0.29) is 37.6 Å². The molecule has 0 aliphatic carbocycles. The van der Waals surface area contributed by atoms with Crippen LogP contribution in [0.5, 0.6) is 0 Å². The third-order valence-electron chi connectivity index (χ3n) is 9.98. The number of aliphatic hydroxyl groups is 2. The number of fused-ring (bicyclic) bond motifs is 6. The van der Waals surface area contributed by atoms with Crippen molar-refractivity contribution in [3.05, 3.63) is 107 Å². The molecule has 2 heterocycles. The maximum Gasteiger partial charge on any atom is 0.348 e. The standard InChI is InChI=1S/C46H46N4O6/c47-31-35(27-33-17-19-43-39(29-33)37-13-3-5-15-41(37)49(43)21-7-9-23-51)45(53)55-25-11-1-2-12-26-56-46(54)36(32-48)28-34-18-20-44-40(30-34)38-14-4-6-16-42(38)50(44)22-8-10-24-52/h3-6,13-20,27-30,51-52H,1-2,7-12,21-26H2/b35-27+,36-28+. The zero-order chi connectivity index (χ0) is 39.3. The third kappa shape index (κ3) is 9.18. The van der Waals surface area contributed by atoms with Crippen molar-refractivity contribution >= 4 is 67.7 Å². The molecule has 0 saturated carbocycles. The van der Waals surface area contributed by atoms with Crippen molar-refractivity contribution in [2.75, 3.05) is 26.4 Å². The first-order chi connectivity index (χ1) is 27.5. The number of aryl methyl sites for hydroxylation is 2. The second kappa shape index (κ2) is 19.4. The summed E-state index contributed by atoms with van der Waals surface area (Å²) in [6, 6.07) is 31.9. The van der Waals surface area contributed by atoms with E-state index in [1.54, 1.807) is 12.2 Å². The molecular formula is C46H46N4O6. The topological polar surface area (TPSA) is 150 Å². The van der Waals surface area contributed by atoms with Gasteiger partial charge in [0.05, 0.1) is 13.2 Å². The molecular weight excluding hydrogens is 705 g/mol. The summed E-state index contributed by atoms with van der Waals surface area (Å²) in [6.45, 7) is 2.18. The minimum Gasteiger partial charge on any atom is -0.462 e. The lowest BCUT2D eigenvalue weighted by molar-refractivity contribution is -0.139. The van der Waals surface area contributed by atoms with Gasteiger partial charge in [0.25, 0.3) is 0 Å². The van der Waals surface area contributed by atoms with E-state index in [1.807, 2.05) is 72.8 Å². The van der Waals surface area contributed by atoms with Crippen LogP contribution in [0.1, 0.15) is 62.5 Å². The van der Waals surface area contributed by atoms with Crippen molar-refractivity contribution < 1.29 is 29.3 Å². The van der Waals surface area contributed by atoms with Crippen LogP contribution in [-0.4, -0.2) is 57.7 Å². The molecule has 0 atom stereocenters. The molecule has 0 amide bonds. The van der Waals surface area contributed by atoms with Crippen molar-refractivity contribution in [2.24, 2.45) is 0 Å². The molecule has 56 heavy (non-hydrogen) atoms. The first-order valence-electron chi connectivity index (χ1n) is 19.3. The number of rotatable bonds is 19. The highest BCUT2D eigenvalue weighted by Crippen LogP contribution is 2.32. The number of aliphatic hydroxyl groups excluding tert-OH is 2. The third-order valence-corrected chi connectivity index (χ3v) is 9.98. The number of unbranched alkanes of at least 4 members (excludes halogenated alkanes) is 5. The van der Waals surface area contributed by atoms with Gasteiger partial charge in [0.15, 0.2) is 0 Å². The minimum atomic E-state index is -0.674. The molecule has 0 radical (unpaired) electrons. The molecule has 0 unspecified atom stereocenters. The molecule has 10 nitrogen and oxygen atoms in total. The van der Waals surface area contributed by atoms with Crippen LogP contribution in [-0.2, 0) is 32.2 Å². The van der Waals surface area contributed by atoms with E-state index in [4.69, 9.17) is 9.47 Å². The van der Waals surface area contributed by atoms with Crippen LogP contribution < -0.4 is 0 Å². The zero-order valence-electron chi connectivity index (χ0n) is 31.5. The highest BCUT2D eigenvalue weighted by molar-refractivity contribution is 6.10. The van der Waals surface area contributed by atoms with Crippen molar-refractivity contribution in [1.82, 2.24) is 9.13 Å². The summed E-state index contributed by atoms with van der Waals surface area (Å²) in [5.74, 6) is -1.35. The molecule has 6 rings (SSSR count). The van der Waals surface area contributed by atoms with Gasteiger partial charge in [-0.1, -0.05) is 48.5 Å². The number of carbonyl (C=O) groups excluding carboxylic acids is 2. The van der Waals surface area contributed by atoms with Crippen molar-refractivity contribution in [3.63, 3.8) is 0 Å². The largest absolute Gasteiger partial charge is 0.462 e. The fraction of sp³-hybridized carbons (Fsp3) is 0.304. The Hall–Kier alpha value is -6.20. The molecule has 6 aromatic rings. The predicted octanol–water partition coefficient (Wildman–Crippen LogP) is 8.61. The Morgan fingerprint density at radius 3 is 1.36 bits per heavy atom. The minimum absolute atomic E-state index is 0.0785. The fourth-order valence-corrected chi connectivity index (χ4v) is 7.22. The number of ether oxygens (including phenoxy) is 2. The Labute approximate surface area is 326 Å². The molecule has 0 aliphatic rings. The van der Waals surface area contributed by atoms with E-state index in [9.17, 15) is 30.3 Å². The van der Waals surface area contributed by atoms with Gasteiger partial charge >= 0.3 is 11.9 Å². The van der Waals surface area contributed by atoms with Crippen LogP contribution in [0.2, 0.25) is 0 Å². The number of benzene rings is 4. The highest BCUT2D eigenvalue weighted by Gasteiger charge is 2.16. The Bertz CT molecular complexity index is 2320. The van der Waals surface area contributed by atoms with E-state index in [0.29, 0.717) is 12.8 Å². The summed E-state index contributed by atoms with van der Waals surface area (Å²) < 4.78 is 15.3. The number of esters is 2. The Balaban J connectivity index is 0.965. The quantitative estimate of drug-likeness (QED) is 0.0362. The van der Waals surface area contributed by atoms with Crippen LogP contribution in [0.15, 0.2) is 96.1 Å². The number of nitriles is 2. The van der Waals surface area contributed by atoms with Gasteiger partial charge in [-0.05, 0) is 111 Å². The van der Waals surface area contributed by atoms with Gasteiger partial charge in [-0.3, -0.25) is 0 Å². The Morgan fingerprint density at radius 1 is 0.536 bits per heavy atom. The molecule has 4 aromatic carbocycles. The molecule has 286 valence electrons. The van der Waals surface area contributed by atoms with Gasteiger partial charge < -0.3 is 28.8 Å². The average Bonchev–Trinajstić information content (AvgIpc) is 3.71. The number of hydrogen-bond acceptors (Lipinski definition) is 8. The SMILES string of the molecule is N#C/C(=C\c1ccc2c(c1)c1ccccc1n2CCCCO)C(=O)OCCCCCCOC(=O)/C(C#N)=C/c1ccc2c(c1)c1ccccc1n2CCCCO. The monoisotopic (exact) mass is 750 g/mol. The second-order valence-electron chi connectivity index (χ2n) is 13.8. The molecule has 0 bridgehead atoms. The number of nitrogens with zero attached hydrogens (tertiary/aromatic N) is 4. The molecule has 0 aliphatic heterocycles. The number of carbonyl (C=O) groups is 2. The lowest BCUT2D eigenvalue weighted by atomic mass is 10.1. The van der Waals surface area contributed by atoms with E-state index in [0.717, 1.165) is 106 Å². The van der Waals surface area contributed by atoms with Crippen LogP contribution in [0.25, 0.3) is 55.8 Å². The second-order valence-corrected chi connectivity index (χ2v) is 13.8. The van der Waals surface area contributed by atoms with Crippen LogP contribution in [0.3, 0.4) is 0 Å². The van der Waals surface area contributed by atoms with E-state index >= 15 is 0 Å². The van der Waals surface area contributed by atoms with Gasteiger partial charge in [-0.25, -0.2) is 9.59 Å². The summed E-state index contributed by atoms with van der Waals surface area (Å²) in [5, 5.41) is 42.2. The summed E-state index contributed by atoms with van der Waals surface area (Å²) >= 11 is 0. The smallest absolute Gasteiger partial charge is 0.348 e. The molecule has 2 aromatic heterocycles. The maximum atomic E-state index is 12.8. The molecule has 0 fully saturated rings. The summed E-state index contributed by atoms with van der Waals surface area (Å²) in [4.78, 5) is 25.6. The average molecular weight is 751 g/mol. The van der Waals surface area contributed by atoms with Crippen LogP contribution in [0.4, 0.5) is 0 Å². The molecule has 10 heteroatoms. The van der Waals surface area contributed by atoms with Gasteiger partial charge in [0.2, 0.25) is 0 Å². The fourth-order valence-electron chi connectivity index (χ4n) is 7.22. The van der Waals surface area contributed by atoms with Crippen molar-refractivity contribution in [3.8, 4) is 12.1 Å². The van der Waals surface area contributed by atoms with Gasteiger partial charge in [0, 0.05) is 69.9 Å². The lowest BCUT2D eigenvalue weighted by Crippen LogP contribution is -2.09. The van der Waals surface area contributed by atoms with Gasteiger partial charge in [0.1, 0.15) is 23.3 Å². The van der Waals surface area contributed by atoms with Crippen LogP contribution >= 0.6 is 0 Å². The Kier molecular flexibility index (Phi) is 13.7. The predicted molar refractivity (Wildman–Crippen MR) is 219 cm³/mol. The summed E-state index contributed by atoms with van der Waals surface area (Å²) in [7, 11) is 0. The first kappa shape index (κ1) is 39.5. The zero-order valence-corrected chi connectivity index (χ0v) is 31.5. The number of para-hydroxylation sites is 2. The number of hydrogen-bond donors (Lipinski definition) is 2. The highest BCUT2D eigenvalue weighted by atomic mass is 16.5. The van der Waals surface area contributed by atoms with Crippen molar-refractivity contribution in [2.45, 2.75) is 64.5 Å². The van der Waals surface area contributed by atoms with E-state index < -0.39 is 11.9 Å². The lowest BCUT2D eigenvalue weighted by Gasteiger charge is -2.07. The summed E-state index contributed by atoms with van der Waals surface area (Å²) in [6.07, 6.45) is 8.89. The van der Waals surface area contributed by atoms with Gasteiger partial charge in [-0.2, -0.15) is 10.5 Å². The first-order valence-corrected chi connectivity index (χ1v) is 19.3.